The lowest BCUT2D eigenvalue weighted by atomic mass is 9.74. The zero-order valence-electron chi connectivity index (χ0n) is 13.8. The number of hydrogen-bond donors (Lipinski definition) is 1. The predicted octanol–water partition coefficient (Wildman–Crippen LogP) is 1.87. The van der Waals surface area contributed by atoms with Crippen LogP contribution in [0, 0.1) is 0 Å². The fourth-order valence-corrected chi connectivity index (χ4v) is 3.49. The Hall–Kier alpha value is -1.99. The molecule has 1 N–H and O–H groups in total. The maximum atomic E-state index is 12.4. The molecule has 3 rings (SSSR count). The Morgan fingerprint density at radius 2 is 2.00 bits per heavy atom. The predicted molar refractivity (Wildman–Crippen MR) is 97.4 cm³/mol. The van der Waals surface area contributed by atoms with Gasteiger partial charge in [0.15, 0.2) is 0 Å². The highest BCUT2D eigenvalue weighted by Crippen LogP contribution is 2.34. The third-order valence-corrected chi connectivity index (χ3v) is 5.03. The number of rotatable bonds is 5. The summed E-state index contributed by atoms with van der Waals surface area (Å²) in [7, 11) is 0. The van der Waals surface area contributed by atoms with Crippen LogP contribution in [0.4, 0.5) is 0 Å². The number of halogens is 1. The van der Waals surface area contributed by atoms with Crippen LogP contribution < -0.4 is 10.9 Å². The Morgan fingerprint density at radius 3 is 2.72 bits per heavy atom. The number of amides is 1. The summed E-state index contributed by atoms with van der Waals surface area (Å²) in [5.41, 5.74) is 0.781. The summed E-state index contributed by atoms with van der Waals surface area (Å²) in [6, 6.07) is 10.2. The molecule has 0 unspecified atom stereocenters. The molecule has 0 aliphatic carbocycles. The van der Waals surface area contributed by atoms with Crippen molar-refractivity contribution in [3.8, 4) is 0 Å². The molecule has 7 heteroatoms. The maximum Gasteiger partial charge on any atom is 0.269 e. The van der Waals surface area contributed by atoms with Gasteiger partial charge in [-0.25, -0.2) is 4.98 Å². The standard InChI is InChI=1S/C18H20BrN3O3/c19-15-11-22(17(24)10-20-15)12-16(23)21-13-18(6-8-25-9-7-18)14-4-2-1-3-5-14/h1-5,10-11H,6-9,12-13H2,(H,21,23). The molecule has 1 aliphatic heterocycles. The van der Waals surface area contributed by atoms with Gasteiger partial charge < -0.3 is 14.6 Å². The zero-order chi connectivity index (χ0) is 17.7. The van der Waals surface area contributed by atoms with Crippen LogP contribution in [0.1, 0.15) is 18.4 Å². The third-order valence-electron chi connectivity index (χ3n) is 4.62. The van der Waals surface area contributed by atoms with E-state index in [9.17, 15) is 9.59 Å². The second-order valence-electron chi connectivity index (χ2n) is 6.21. The van der Waals surface area contributed by atoms with E-state index in [0.717, 1.165) is 12.8 Å². The number of nitrogens with one attached hydrogen (secondary N) is 1. The van der Waals surface area contributed by atoms with Gasteiger partial charge >= 0.3 is 0 Å². The first-order valence-corrected chi connectivity index (χ1v) is 9.00. The van der Waals surface area contributed by atoms with E-state index in [2.05, 4.69) is 38.4 Å². The zero-order valence-corrected chi connectivity index (χ0v) is 15.4. The fourth-order valence-electron chi connectivity index (χ4n) is 3.14. The van der Waals surface area contributed by atoms with Gasteiger partial charge in [-0.15, -0.1) is 0 Å². The van der Waals surface area contributed by atoms with Crippen molar-refractivity contribution in [1.82, 2.24) is 14.9 Å². The summed E-state index contributed by atoms with van der Waals surface area (Å²) in [6.07, 6.45) is 4.43. The normalized spacial score (nSPS) is 16.4. The first-order chi connectivity index (χ1) is 12.1. The molecule has 1 aromatic carbocycles. The highest BCUT2D eigenvalue weighted by Gasteiger charge is 2.34. The van der Waals surface area contributed by atoms with E-state index < -0.39 is 0 Å². The minimum absolute atomic E-state index is 0.0265. The second-order valence-corrected chi connectivity index (χ2v) is 7.02. The van der Waals surface area contributed by atoms with E-state index in [4.69, 9.17) is 4.74 Å². The van der Waals surface area contributed by atoms with Crippen LogP contribution in [0.15, 0.2) is 52.1 Å². The molecular weight excluding hydrogens is 386 g/mol. The van der Waals surface area contributed by atoms with E-state index in [1.165, 1.54) is 22.5 Å². The van der Waals surface area contributed by atoms with Crippen LogP contribution in [0.5, 0.6) is 0 Å². The average Bonchev–Trinajstić information content (AvgIpc) is 2.65. The number of aromatic nitrogens is 2. The molecule has 0 atom stereocenters. The Kier molecular flexibility index (Phi) is 5.65. The largest absolute Gasteiger partial charge is 0.381 e. The molecule has 2 heterocycles. The van der Waals surface area contributed by atoms with Gasteiger partial charge in [-0.2, -0.15) is 0 Å². The van der Waals surface area contributed by atoms with Gasteiger partial charge in [0.25, 0.3) is 5.56 Å². The van der Waals surface area contributed by atoms with Crippen LogP contribution >= 0.6 is 15.9 Å². The smallest absolute Gasteiger partial charge is 0.269 e. The molecule has 0 radical (unpaired) electrons. The van der Waals surface area contributed by atoms with Crippen LogP contribution in [-0.4, -0.2) is 35.2 Å². The molecule has 1 amide bonds. The van der Waals surface area contributed by atoms with Gasteiger partial charge in [0.2, 0.25) is 5.91 Å². The highest BCUT2D eigenvalue weighted by molar-refractivity contribution is 9.10. The number of hydrogen-bond acceptors (Lipinski definition) is 4. The SMILES string of the molecule is O=C(Cn1cc(Br)ncc1=O)NCC1(c2ccccc2)CCOCC1. The van der Waals surface area contributed by atoms with Crippen molar-refractivity contribution in [3.63, 3.8) is 0 Å². The van der Waals surface area contributed by atoms with E-state index in [0.29, 0.717) is 24.4 Å². The minimum Gasteiger partial charge on any atom is -0.381 e. The second kappa shape index (κ2) is 7.93. The van der Waals surface area contributed by atoms with Crippen molar-refractivity contribution in [2.45, 2.75) is 24.8 Å². The number of carbonyl (C=O) groups excluding carboxylic acids is 1. The lowest BCUT2D eigenvalue weighted by molar-refractivity contribution is -0.122. The van der Waals surface area contributed by atoms with Crippen molar-refractivity contribution in [2.75, 3.05) is 19.8 Å². The minimum atomic E-state index is -0.304. The number of benzene rings is 1. The Morgan fingerprint density at radius 1 is 1.28 bits per heavy atom. The molecule has 1 aromatic heterocycles. The Labute approximate surface area is 154 Å². The first-order valence-electron chi connectivity index (χ1n) is 8.21. The van der Waals surface area contributed by atoms with E-state index >= 15 is 0 Å². The molecule has 0 bridgehead atoms. The molecule has 132 valence electrons. The summed E-state index contributed by atoms with van der Waals surface area (Å²) in [6.45, 7) is 1.87. The molecular formula is C18H20BrN3O3. The molecule has 1 saturated heterocycles. The first kappa shape index (κ1) is 17.8. The molecule has 2 aromatic rings. The summed E-state index contributed by atoms with van der Waals surface area (Å²) in [4.78, 5) is 28.0. The fraction of sp³-hybridized carbons (Fsp3) is 0.389. The lowest BCUT2D eigenvalue weighted by Gasteiger charge is -2.38. The summed E-state index contributed by atoms with van der Waals surface area (Å²) >= 11 is 3.21. The summed E-state index contributed by atoms with van der Waals surface area (Å²) in [5.74, 6) is -0.193. The van der Waals surface area contributed by atoms with Gasteiger partial charge in [-0.1, -0.05) is 30.3 Å². The molecule has 6 nitrogen and oxygen atoms in total. The van der Waals surface area contributed by atoms with Crippen molar-refractivity contribution < 1.29 is 9.53 Å². The average molecular weight is 406 g/mol. The van der Waals surface area contributed by atoms with Gasteiger partial charge in [-0.05, 0) is 34.3 Å². The topological polar surface area (TPSA) is 73.2 Å². The van der Waals surface area contributed by atoms with E-state index in [1.807, 2.05) is 18.2 Å². The molecule has 0 saturated carbocycles. The Bertz CT molecular complexity index is 786. The van der Waals surface area contributed by atoms with Crippen LogP contribution in [0.3, 0.4) is 0 Å². The summed E-state index contributed by atoms with van der Waals surface area (Å²) in [5, 5.41) is 3.00. The Balaban J connectivity index is 1.70. The number of carbonyl (C=O) groups is 1. The summed E-state index contributed by atoms with van der Waals surface area (Å²) < 4.78 is 7.36. The molecule has 0 spiro atoms. The van der Waals surface area contributed by atoms with Crippen molar-refractivity contribution in [3.05, 3.63) is 63.2 Å². The van der Waals surface area contributed by atoms with Gasteiger partial charge in [0.05, 0.1) is 6.20 Å². The van der Waals surface area contributed by atoms with E-state index in [1.54, 1.807) is 0 Å². The van der Waals surface area contributed by atoms with Crippen molar-refractivity contribution in [1.29, 1.82) is 0 Å². The van der Waals surface area contributed by atoms with Gasteiger partial charge in [0, 0.05) is 31.4 Å². The van der Waals surface area contributed by atoms with Crippen LogP contribution in [-0.2, 0) is 21.5 Å². The van der Waals surface area contributed by atoms with Gasteiger partial charge in [0.1, 0.15) is 11.1 Å². The number of ether oxygens (including phenoxy) is 1. The maximum absolute atomic E-state index is 12.4. The molecule has 1 aliphatic rings. The molecule has 1 fully saturated rings. The monoisotopic (exact) mass is 405 g/mol. The van der Waals surface area contributed by atoms with Crippen molar-refractivity contribution >= 4 is 21.8 Å². The molecule has 25 heavy (non-hydrogen) atoms. The number of nitrogens with zero attached hydrogens (tertiary/aromatic N) is 2. The van der Waals surface area contributed by atoms with Crippen molar-refractivity contribution in [2.24, 2.45) is 0 Å². The quantitative estimate of drug-likeness (QED) is 0.823. The lowest BCUT2D eigenvalue weighted by Crippen LogP contribution is -2.45. The van der Waals surface area contributed by atoms with Crippen LogP contribution in [0.2, 0.25) is 0 Å². The third kappa shape index (κ3) is 4.35. The van der Waals surface area contributed by atoms with Crippen LogP contribution in [0.25, 0.3) is 0 Å². The van der Waals surface area contributed by atoms with Gasteiger partial charge in [-0.3, -0.25) is 9.59 Å². The van der Waals surface area contributed by atoms with E-state index in [-0.39, 0.29) is 23.4 Å². The highest BCUT2D eigenvalue weighted by atomic mass is 79.9.